The Morgan fingerprint density at radius 2 is 1.53 bits per heavy atom. The van der Waals surface area contributed by atoms with Gasteiger partial charge in [-0.2, -0.15) is 0 Å². The fourth-order valence-corrected chi connectivity index (χ4v) is 4.66. The molecule has 0 saturated carbocycles. The number of hydrogen-bond acceptors (Lipinski definition) is 6. The maximum Gasteiger partial charge on any atom is 0.258 e. The van der Waals surface area contributed by atoms with Crippen molar-refractivity contribution in [3.05, 3.63) is 87.9 Å². The van der Waals surface area contributed by atoms with E-state index in [1.54, 1.807) is 28.0 Å². The third kappa shape index (κ3) is 4.18. The Bertz CT molecular complexity index is 1190. The van der Waals surface area contributed by atoms with E-state index in [1.807, 2.05) is 24.3 Å². The van der Waals surface area contributed by atoms with Gasteiger partial charge in [0.15, 0.2) is 0 Å². The van der Waals surface area contributed by atoms with Gasteiger partial charge in [0.05, 0.1) is 11.4 Å². The van der Waals surface area contributed by atoms with Gasteiger partial charge in [0.1, 0.15) is 10.7 Å². The van der Waals surface area contributed by atoms with Crippen LogP contribution in [0.2, 0.25) is 0 Å². The molecular formula is C23H23N5OS. The van der Waals surface area contributed by atoms with Gasteiger partial charge in [0.25, 0.3) is 5.56 Å². The van der Waals surface area contributed by atoms with Gasteiger partial charge in [-0.3, -0.25) is 19.0 Å². The van der Waals surface area contributed by atoms with Crippen LogP contribution in [0.3, 0.4) is 0 Å². The number of rotatable bonds is 5. The molecule has 5 rings (SSSR count). The number of hydrogen-bond donors (Lipinski definition) is 0. The molecule has 0 atom stereocenters. The van der Waals surface area contributed by atoms with Gasteiger partial charge in [-0.25, -0.2) is 9.97 Å². The van der Waals surface area contributed by atoms with Gasteiger partial charge in [0.2, 0.25) is 0 Å². The predicted molar refractivity (Wildman–Crippen MR) is 120 cm³/mol. The summed E-state index contributed by atoms with van der Waals surface area (Å²) in [4.78, 5) is 26.6. The zero-order chi connectivity index (χ0) is 20.3. The van der Waals surface area contributed by atoms with E-state index in [1.165, 1.54) is 5.56 Å². The summed E-state index contributed by atoms with van der Waals surface area (Å²) < 4.78 is 1.58. The molecule has 7 heteroatoms. The first-order chi connectivity index (χ1) is 14.7. The normalized spacial score (nSPS) is 15.6. The Hall–Kier alpha value is -2.87. The van der Waals surface area contributed by atoms with Crippen molar-refractivity contribution in [3.8, 4) is 10.6 Å². The van der Waals surface area contributed by atoms with Crippen molar-refractivity contribution in [3.63, 3.8) is 0 Å². The highest BCUT2D eigenvalue weighted by atomic mass is 32.1. The summed E-state index contributed by atoms with van der Waals surface area (Å²) in [5, 5.41) is 3.25. The minimum atomic E-state index is -0.0213. The molecule has 30 heavy (non-hydrogen) atoms. The first-order valence-electron chi connectivity index (χ1n) is 10.2. The lowest BCUT2D eigenvalue weighted by Crippen LogP contribution is -2.45. The van der Waals surface area contributed by atoms with Gasteiger partial charge >= 0.3 is 0 Å². The van der Waals surface area contributed by atoms with Crippen LogP contribution in [0.25, 0.3) is 16.2 Å². The number of piperazine rings is 1. The third-order valence-corrected chi connectivity index (χ3v) is 6.37. The number of pyridine rings is 1. The van der Waals surface area contributed by atoms with Crippen LogP contribution < -0.4 is 5.56 Å². The first-order valence-corrected chi connectivity index (χ1v) is 11.0. The molecule has 1 aliphatic rings. The molecule has 0 radical (unpaired) electrons. The number of thiazole rings is 1. The van der Waals surface area contributed by atoms with Crippen LogP contribution in [0.5, 0.6) is 0 Å². The predicted octanol–water partition coefficient (Wildman–Crippen LogP) is 3.14. The molecule has 0 bridgehead atoms. The molecule has 0 amide bonds. The zero-order valence-corrected chi connectivity index (χ0v) is 17.5. The first kappa shape index (κ1) is 19.1. The van der Waals surface area contributed by atoms with Crippen LogP contribution in [-0.2, 0) is 13.1 Å². The average Bonchev–Trinajstić information content (AvgIpc) is 3.24. The van der Waals surface area contributed by atoms with Crippen LogP contribution in [0, 0.1) is 0 Å². The SMILES string of the molecule is O=c1cc(CN2CCN(Cc3csc(-c4ccccc4)n3)CC2)nc2ccccn12. The van der Waals surface area contributed by atoms with Crippen LogP contribution in [-0.4, -0.2) is 50.3 Å². The van der Waals surface area contributed by atoms with Crippen molar-refractivity contribution in [2.45, 2.75) is 13.1 Å². The van der Waals surface area contributed by atoms with E-state index in [0.717, 1.165) is 49.1 Å². The van der Waals surface area contributed by atoms with Crippen molar-refractivity contribution in [2.24, 2.45) is 0 Å². The lowest BCUT2D eigenvalue weighted by atomic mass is 10.2. The monoisotopic (exact) mass is 417 g/mol. The van der Waals surface area contributed by atoms with E-state index in [-0.39, 0.29) is 5.56 Å². The van der Waals surface area contributed by atoms with Crippen LogP contribution >= 0.6 is 11.3 Å². The minimum Gasteiger partial charge on any atom is -0.295 e. The fourth-order valence-electron chi connectivity index (χ4n) is 3.84. The maximum atomic E-state index is 12.3. The van der Waals surface area contributed by atoms with Gasteiger partial charge in [-0.05, 0) is 12.1 Å². The van der Waals surface area contributed by atoms with E-state index in [4.69, 9.17) is 4.98 Å². The van der Waals surface area contributed by atoms with E-state index < -0.39 is 0 Å². The molecule has 0 unspecified atom stereocenters. The van der Waals surface area contributed by atoms with Crippen LogP contribution in [0.1, 0.15) is 11.4 Å². The minimum absolute atomic E-state index is 0.0213. The molecule has 4 aromatic rings. The van der Waals surface area contributed by atoms with Gasteiger partial charge in [0, 0.05) is 62.5 Å². The number of fused-ring (bicyclic) bond motifs is 1. The molecule has 6 nitrogen and oxygen atoms in total. The van der Waals surface area contributed by atoms with Crippen LogP contribution in [0.4, 0.5) is 0 Å². The van der Waals surface area contributed by atoms with E-state index in [0.29, 0.717) is 12.2 Å². The number of nitrogens with zero attached hydrogens (tertiary/aromatic N) is 5. The summed E-state index contributed by atoms with van der Waals surface area (Å²) in [6.45, 7) is 5.50. The average molecular weight is 418 g/mol. The molecule has 1 aliphatic heterocycles. The molecule has 4 heterocycles. The topological polar surface area (TPSA) is 53.7 Å². The largest absolute Gasteiger partial charge is 0.295 e. The van der Waals surface area contributed by atoms with Gasteiger partial charge in [-0.1, -0.05) is 36.4 Å². The molecule has 1 fully saturated rings. The molecule has 0 aliphatic carbocycles. The standard InChI is InChI=1S/C23H23N5OS/c29-22-14-19(24-21-8-4-5-9-28(21)22)15-26-10-12-27(13-11-26)16-20-17-30-23(25-20)18-6-2-1-3-7-18/h1-9,14,17H,10-13,15-16H2. The summed E-state index contributed by atoms with van der Waals surface area (Å²) in [6.07, 6.45) is 1.76. The fraction of sp³-hybridized carbons (Fsp3) is 0.261. The Morgan fingerprint density at radius 1 is 0.833 bits per heavy atom. The van der Waals surface area contributed by atoms with E-state index >= 15 is 0 Å². The molecule has 1 aromatic carbocycles. The second-order valence-electron chi connectivity index (χ2n) is 7.58. The van der Waals surface area contributed by atoms with E-state index in [9.17, 15) is 4.79 Å². The van der Waals surface area contributed by atoms with Crippen LogP contribution in [0.15, 0.2) is 71.0 Å². The van der Waals surface area contributed by atoms with E-state index in [2.05, 4.69) is 44.4 Å². The number of aromatic nitrogens is 3. The lowest BCUT2D eigenvalue weighted by Gasteiger charge is -2.34. The summed E-state index contributed by atoms with van der Waals surface area (Å²) in [6, 6.07) is 17.6. The second-order valence-corrected chi connectivity index (χ2v) is 8.43. The smallest absolute Gasteiger partial charge is 0.258 e. The highest BCUT2D eigenvalue weighted by Crippen LogP contribution is 2.24. The highest BCUT2D eigenvalue weighted by Gasteiger charge is 2.19. The molecule has 1 saturated heterocycles. The Labute approximate surface area is 179 Å². The molecule has 0 N–H and O–H groups in total. The maximum absolute atomic E-state index is 12.3. The van der Waals surface area contributed by atoms with Crippen molar-refractivity contribution in [2.75, 3.05) is 26.2 Å². The second kappa shape index (κ2) is 8.47. The Kier molecular flexibility index (Phi) is 5.40. The lowest BCUT2D eigenvalue weighted by molar-refractivity contribution is 0.120. The Balaban J connectivity index is 1.18. The van der Waals surface area contributed by atoms with Gasteiger partial charge in [-0.15, -0.1) is 11.3 Å². The summed E-state index contributed by atoms with van der Waals surface area (Å²) in [7, 11) is 0. The molecule has 3 aromatic heterocycles. The van der Waals surface area contributed by atoms with Gasteiger partial charge < -0.3 is 0 Å². The molecular weight excluding hydrogens is 394 g/mol. The summed E-state index contributed by atoms with van der Waals surface area (Å²) in [5.74, 6) is 0. The molecule has 152 valence electrons. The summed E-state index contributed by atoms with van der Waals surface area (Å²) >= 11 is 1.71. The Morgan fingerprint density at radius 3 is 2.30 bits per heavy atom. The summed E-state index contributed by atoms with van der Waals surface area (Å²) in [5.41, 5.74) is 3.84. The van der Waals surface area contributed by atoms with Crippen molar-refractivity contribution in [1.29, 1.82) is 0 Å². The molecule has 0 spiro atoms. The van der Waals surface area contributed by atoms with Crippen molar-refractivity contribution >= 4 is 17.0 Å². The van der Waals surface area contributed by atoms with Crippen molar-refractivity contribution < 1.29 is 0 Å². The number of benzene rings is 1. The quantitative estimate of drug-likeness (QED) is 0.499. The zero-order valence-electron chi connectivity index (χ0n) is 16.6. The van der Waals surface area contributed by atoms with Crippen molar-refractivity contribution in [1.82, 2.24) is 24.2 Å². The third-order valence-electron chi connectivity index (χ3n) is 5.43. The highest BCUT2D eigenvalue weighted by molar-refractivity contribution is 7.13.